The molecule has 1 N–H and O–H groups in total. The Morgan fingerprint density at radius 1 is 1.00 bits per heavy atom. The maximum absolute atomic E-state index is 13.4. The number of ether oxygens (including phenoxy) is 1. The molecule has 2 aliphatic rings. The summed E-state index contributed by atoms with van der Waals surface area (Å²) < 4.78 is 7.42. The Balaban J connectivity index is 1.28. The standard InChI is InChI=1S/C31H33N5O2/c1-38-27-16-12-23(13-17-27)20-34-19-18-30-28(21-34)29(33-36(30)26-10-6-3-7-11-26)22-35(25-14-15-25)31(37)32-24-8-4-2-5-9-24/h2-13,16-17,25H,14-15,18-22H2,1H3,(H,32,37). The van der Waals surface area contributed by atoms with E-state index in [2.05, 4.69) is 39.2 Å². The number of benzene rings is 3. The van der Waals surface area contributed by atoms with Gasteiger partial charge in [0.2, 0.25) is 0 Å². The molecular weight excluding hydrogens is 474 g/mol. The van der Waals surface area contributed by atoms with Gasteiger partial charge in [0.05, 0.1) is 30.7 Å². The van der Waals surface area contributed by atoms with Gasteiger partial charge in [-0.15, -0.1) is 0 Å². The van der Waals surface area contributed by atoms with Crippen LogP contribution in [0.5, 0.6) is 5.75 Å². The van der Waals surface area contributed by atoms with Crippen molar-refractivity contribution in [3.8, 4) is 11.4 Å². The van der Waals surface area contributed by atoms with Crippen LogP contribution in [0.25, 0.3) is 5.69 Å². The van der Waals surface area contributed by atoms with Crippen LogP contribution in [0.1, 0.15) is 35.4 Å². The predicted molar refractivity (Wildman–Crippen MR) is 148 cm³/mol. The Labute approximate surface area is 223 Å². The second-order valence-corrected chi connectivity index (χ2v) is 10.1. The molecule has 6 rings (SSSR count). The van der Waals surface area contributed by atoms with E-state index in [1.807, 2.05) is 65.6 Å². The van der Waals surface area contributed by atoms with Crippen LogP contribution in [-0.2, 0) is 26.1 Å². The fourth-order valence-electron chi connectivity index (χ4n) is 5.21. The number of amides is 2. The first-order valence-corrected chi connectivity index (χ1v) is 13.3. The summed E-state index contributed by atoms with van der Waals surface area (Å²) in [4.78, 5) is 17.8. The number of rotatable bonds is 8. The van der Waals surface area contributed by atoms with Crippen LogP contribution in [0.2, 0.25) is 0 Å². The van der Waals surface area contributed by atoms with Crippen LogP contribution in [0.3, 0.4) is 0 Å². The number of urea groups is 1. The van der Waals surface area contributed by atoms with E-state index in [9.17, 15) is 4.79 Å². The van der Waals surface area contributed by atoms with Crippen molar-refractivity contribution in [1.29, 1.82) is 0 Å². The lowest BCUT2D eigenvalue weighted by molar-refractivity contribution is 0.204. The average molecular weight is 508 g/mol. The first-order chi connectivity index (χ1) is 18.7. The Hall–Kier alpha value is -4.10. The van der Waals surface area contributed by atoms with Crippen LogP contribution in [0, 0.1) is 0 Å². The summed E-state index contributed by atoms with van der Waals surface area (Å²) in [5, 5.41) is 8.20. The summed E-state index contributed by atoms with van der Waals surface area (Å²) in [5.41, 5.74) is 6.60. The number of para-hydroxylation sites is 2. The number of anilines is 1. The zero-order valence-corrected chi connectivity index (χ0v) is 21.7. The molecule has 38 heavy (non-hydrogen) atoms. The molecule has 2 heterocycles. The first kappa shape index (κ1) is 24.2. The molecule has 3 aromatic carbocycles. The molecule has 194 valence electrons. The molecule has 0 atom stereocenters. The van der Waals surface area contributed by atoms with Gasteiger partial charge in [0.25, 0.3) is 0 Å². The van der Waals surface area contributed by atoms with Gasteiger partial charge in [-0.2, -0.15) is 5.10 Å². The average Bonchev–Trinajstić information content (AvgIpc) is 3.74. The van der Waals surface area contributed by atoms with Crippen molar-refractivity contribution >= 4 is 11.7 Å². The molecule has 1 aliphatic carbocycles. The summed E-state index contributed by atoms with van der Waals surface area (Å²) in [6.45, 7) is 3.13. The van der Waals surface area contributed by atoms with Gasteiger partial charge in [0.15, 0.2) is 0 Å². The second-order valence-electron chi connectivity index (χ2n) is 10.1. The van der Waals surface area contributed by atoms with Gasteiger partial charge < -0.3 is 15.0 Å². The molecule has 4 aromatic rings. The lowest BCUT2D eigenvalue weighted by Gasteiger charge is -2.29. The molecule has 0 radical (unpaired) electrons. The molecule has 1 aliphatic heterocycles. The summed E-state index contributed by atoms with van der Waals surface area (Å²) in [7, 11) is 1.69. The van der Waals surface area contributed by atoms with Crippen LogP contribution < -0.4 is 10.1 Å². The Morgan fingerprint density at radius 2 is 1.71 bits per heavy atom. The number of fused-ring (bicyclic) bond motifs is 1. The zero-order valence-electron chi connectivity index (χ0n) is 21.7. The van der Waals surface area contributed by atoms with Crippen LogP contribution >= 0.6 is 0 Å². The third-order valence-electron chi connectivity index (χ3n) is 7.38. The number of nitrogens with zero attached hydrogens (tertiary/aromatic N) is 4. The first-order valence-electron chi connectivity index (χ1n) is 13.3. The number of nitrogens with one attached hydrogen (secondary N) is 1. The molecule has 1 aromatic heterocycles. The van der Waals surface area contributed by atoms with Crippen molar-refractivity contribution in [2.75, 3.05) is 19.0 Å². The maximum Gasteiger partial charge on any atom is 0.322 e. The normalized spacial score (nSPS) is 15.1. The topological polar surface area (TPSA) is 62.6 Å². The number of carbonyl (C=O) groups excluding carboxylic acids is 1. The quantitative estimate of drug-likeness (QED) is 0.336. The molecule has 1 saturated carbocycles. The highest BCUT2D eigenvalue weighted by Crippen LogP contribution is 2.32. The minimum atomic E-state index is -0.0624. The van der Waals surface area contributed by atoms with Gasteiger partial charge in [-0.25, -0.2) is 9.48 Å². The van der Waals surface area contributed by atoms with Crippen molar-refractivity contribution < 1.29 is 9.53 Å². The summed E-state index contributed by atoms with van der Waals surface area (Å²) >= 11 is 0. The van der Waals surface area contributed by atoms with Gasteiger partial charge in [-0.05, 0) is 54.8 Å². The van der Waals surface area contributed by atoms with Gasteiger partial charge in [0.1, 0.15) is 5.75 Å². The molecule has 7 nitrogen and oxygen atoms in total. The minimum absolute atomic E-state index is 0.0624. The van der Waals surface area contributed by atoms with E-state index in [4.69, 9.17) is 9.84 Å². The zero-order chi connectivity index (χ0) is 25.9. The number of aromatic nitrogens is 2. The van der Waals surface area contributed by atoms with Gasteiger partial charge in [0, 0.05) is 43.3 Å². The van der Waals surface area contributed by atoms with E-state index in [0.29, 0.717) is 6.54 Å². The van der Waals surface area contributed by atoms with E-state index < -0.39 is 0 Å². The van der Waals surface area contributed by atoms with Crippen molar-refractivity contribution in [1.82, 2.24) is 19.6 Å². The Morgan fingerprint density at radius 3 is 2.39 bits per heavy atom. The van der Waals surface area contributed by atoms with E-state index >= 15 is 0 Å². The Kier molecular flexibility index (Phi) is 6.84. The number of hydrogen-bond donors (Lipinski definition) is 1. The highest BCUT2D eigenvalue weighted by Gasteiger charge is 2.35. The summed E-state index contributed by atoms with van der Waals surface area (Å²) in [5.74, 6) is 0.870. The Bertz CT molecular complexity index is 1380. The van der Waals surface area contributed by atoms with Crippen LogP contribution in [-0.4, -0.2) is 45.3 Å². The van der Waals surface area contributed by atoms with Crippen molar-refractivity contribution in [3.05, 3.63) is 107 Å². The summed E-state index contributed by atoms with van der Waals surface area (Å²) in [6, 6.07) is 28.5. The maximum atomic E-state index is 13.4. The molecule has 0 spiro atoms. The monoisotopic (exact) mass is 507 g/mol. The van der Waals surface area contributed by atoms with Crippen molar-refractivity contribution in [2.24, 2.45) is 0 Å². The number of methoxy groups -OCH3 is 1. The molecule has 0 saturated heterocycles. The minimum Gasteiger partial charge on any atom is -0.497 e. The molecule has 2 amide bonds. The van der Waals surface area contributed by atoms with Crippen LogP contribution in [0.4, 0.5) is 10.5 Å². The number of carbonyl (C=O) groups is 1. The third-order valence-corrected chi connectivity index (χ3v) is 7.38. The van der Waals surface area contributed by atoms with Crippen molar-refractivity contribution in [3.63, 3.8) is 0 Å². The van der Waals surface area contributed by atoms with E-state index in [1.54, 1.807) is 7.11 Å². The third kappa shape index (κ3) is 5.29. The van der Waals surface area contributed by atoms with Gasteiger partial charge >= 0.3 is 6.03 Å². The van der Waals surface area contributed by atoms with Crippen molar-refractivity contribution in [2.45, 2.75) is 44.9 Å². The van der Waals surface area contributed by atoms with E-state index in [-0.39, 0.29) is 12.1 Å². The van der Waals surface area contributed by atoms with Crippen LogP contribution in [0.15, 0.2) is 84.9 Å². The molecule has 0 bridgehead atoms. The summed E-state index contributed by atoms with van der Waals surface area (Å²) in [6.07, 6.45) is 2.98. The van der Waals surface area contributed by atoms with E-state index in [1.165, 1.54) is 16.8 Å². The van der Waals surface area contributed by atoms with Gasteiger partial charge in [-0.1, -0.05) is 48.5 Å². The second kappa shape index (κ2) is 10.7. The highest BCUT2D eigenvalue weighted by molar-refractivity contribution is 5.89. The SMILES string of the molecule is COc1ccc(CN2CCc3c(c(CN(C(=O)Nc4ccccc4)C4CC4)nn3-c3ccccc3)C2)cc1. The fraction of sp³-hybridized carbons (Fsp3) is 0.290. The van der Waals surface area contributed by atoms with Gasteiger partial charge in [-0.3, -0.25) is 4.90 Å². The lowest BCUT2D eigenvalue weighted by atomic mass is 10.0. The highest BCUT2D eigenvalue weighted by atomic mass is 16.5. The largest absolute Gasteiger partial charge is 0.497 e. The smallest absolute Gasteiger partial charge is 0.322 e. The molecule has 0 unspecified atom stereocenters. The fourth-order valence-corrected chi connectivity index (χ4v) is 5.21. The van der Waals surface area contributed by atoms with E-state index in [0.717, 1.165) is 61.7 Å². The molecule has 7 heteroatoms. The lowest BCUT2D eigenvalue weighted by Crippen LogP contribution is -2.37. The molecular formula is C31H33N5O2. The predicted octanol–water partition coefficient (Wildman–Crippen LogP) is 5.64. The molecule has 1 fully saturated rings. The number of hydrogen-bond acceptors (Lipinski definition) is 4.